The molecule has 1 atom stereocenters. The van der Waals surface area contributed by atoms with Gasteiger partial charge < -0.3 is 15.7 Å². The summed E-state index contributed by atoms with van der Waals surface area (Å²) in [5.74, 6) is 0.260. The molecule has 2 amide bonds. The Hall–Kier alpha value is -2.20. The smallest absolute Gasteiger partial charge is 0.319 e. The second-order valence-corrected chi connectivity index (χ2v) is 6.08. The number of carbonyl (C=O) groups is 1. The maximum Gasteiger partial charge on any atom is 0.319 e. The van der Waals surface area contributed by atoms with E-state index in [1.807, 2.05) is 38.1 Å². The Kier molecular flexibility index (Phi) is 5.88. The highest BCUT2D eigenvalue weighted by Crippen LogP contribution is 2.19. The fourth-order valence-corrected chi connectivity index (χ4v) is 2.36. The number of carbonyl (C=O) groups excluding carboxylic acids is 1. The third-order valence-electron chi connectivity index (χ3n) is 3.61. The average Bonchev–Trinajstić information content (AvgIpc) is 2.50. The summed E-state index contributed by atoms with van der Waals surface area (Å²) in [6.07, 6.45) is 1.64. The van der Waals surface area contributed by atoms with Crippen LogP contribution < -0.4 is 10.6 Å². The molecule has 5 heteroatoms. The third-order valence-corrected chi connectivity index (χ3v) is 4.02. The standard InChI is InChI=1S/C18H21ClN2O2/c1-12-3-8-15(11-17(12)19)21-18(23)20-13(2)4-5-14-6-9-16(22)10-7-14/h3,6-11,13,22H,4-5H2,1-2H3,(H2,20,21,23). The number of benzene rings is 2. The fourth-order valence-electron chi connectivity index (χ4n) is 2.18. The molecule has 122 valence electrons. The largest absolute Gasteiger partial charge is 0.508 e. The SMILES string of the molecule is Cc1ccc(NC(=O)NC(C)CCc2ccc(O)cc2)cc1Cl. The molecule has 0 saturated heterocycles. The summed E-state index contributed by atoms with van der Waals surface area (Å²) in [6.45, 7) is 3.87. The minimum Gasteiger partial charge on any atom is -0.508 e. The summed E-state index contributed by atoms with van der Waals surface area (Å²) in [4.78, 5) is 12.0. The monoisotopic (exact) mass is 332 g/mol. The lowest BCUT2D eigenvalue weighted by atomic mass is 10.1. The molecule has 0 spiro atoms. The molecular weight excluding hydrogens is 312 g/mol. The molecule has 0 radical (unpaired) electrons. The maximum atomic E-state index is 12.0. The molecule has 2 aromatic carbocycles. The molecule has 2 rings (SSSR count). The molecule has 0 aliphatic carbocycles. The third kappa shape index (κ3) is 5.49. The topological polar surface area (TPSA) is 61.4 Å². The second kappa shape index (κ2) is 7.88. The van der Waals surface area contributed by atoms with E-state index in [2.05, 4.69) is 10.6 Å². The zero-order valence-electron chi connectivity index (χ0n) is 13.3. The molecule has 2 aromatic rings. The van der Waals surface area contributed by atoms with E-state index in [0.29, 0.717) is 10.7 Å². The van der Waals surface area contributed by atoms with Crippen molar-refractivity contribution < 1.29 is 9.90 Å². The van der Waals surface area contributed by atoms with Crippen LogP contribution in [0.1, 0.15) is 24.5 Å². The number of hydrogen-bond acceptors (Lipinski definition) is 2. The van der Waals surface area contributed by atoms with Crippen LogP contribution in [0.25, 0.3) is 0 Å². The summed E-state index contributed by atoms with van der Waals surface area (Å²) in [5, 5.41) is 15.6. The molecule has 4 nitrogen and oxygen atoms in total. The number of urea groups is 1. The fraction of sp³-hybridized carbons (Fsp3) is 0.278. The molecule has 3 N–H and O–H groups in total. The molecule has 0 fully saturated rings. The Labute approximate surface area is 141 Å². The molecule has 1 unspecified atom stereocenters. The zero-order chi connectivity index (χ0) is 16.8. The van der Waals surface area contributed by atoms with E-state index in [9.17, 15) is 9.90 Å². The van der Waals surface area contributed by atoms with E-state index < -0.39 is 0 Å². The number of nitrogens with one attached hydrogen (secondary N) is 2. The van der Waals surface area contributed by atoms with E-state index in [-0.39, 0.29) is 17.8 Å². The van der Waals surface area contributed by atoms with Crippen molar-refractivity contribution in [1.82, 2.24) is 5.32 Å². The summed E-state index contributed by atoms with van der Waals surface area (Å²) < 4.78 is 0. The number of amides is 2. The summed E-state index contributed by atoms with van der Waals surface area (Å²) in [5.41, 5.74) is 2.77. The molecule has 0 aromatic heterocycles. The first-order chi connectivity index (χ1) is 10.9. The van der Waals surface area contributed by atoms with Crippen LogP contribution in [0.15, 0.2) is 42.5 Å². The van der Waals surface area contributed by atoms with E-state index in [1.165, 1.54) is 0 Å². The van der Waals surface area contributed by atoms with E-state index in [1.54, 1.807) is 18.2 Å². The first kappa shape index (κ1) is 17.2. The van der Waals surface area contributed by atoms with Gasteiger partial charge in [0.05, 0.1) is 0 Å². The molecule has 0 heterocycles. The van der Waals surface area contributed by atoms with Crippen LogP contribution in [0.5, 0.6) is 5.75 Å². The normalized spacial score (nSPS) is 11.8. The summed E-state index contributed by atoms with van der Waals surface area (Å²) in [7, 11) is 0. The Bertz CT molecular complexity index is 671. The Morgan fingerprint density at radius 3 is 2.57 bits per heavy atom. The van der Waals surface area contributed by atoms with Gasteiger partial charge in [-0.25, -0.2) is 4.79 Å². The van der Waals surface area contributed by atoms with Crippen molar-refractivity contribution in [2.45, 2.75) is 32.7 Å². The van der Waals surface area contributed by atoms with Gasteiger partial charge in [0, 0.05) is 16.8 Å². The Morgan fingerprint density at radius 1 is 1.22 bits per heavy atom. The van der Waals surface area contributed by atoms with Crippen LogP contribution >= 0.6 is 11.6 Å². The highest BCUT2D eigenvalue weighted by molar-refractivity contribution is 6.31. The predicted molar refractivity (Wildman–Crippen MR) is 94.2 cm³/mol. The molecule has 0 aliphatic rings. The zero-order valence-corrected chi connectivity index (χ0v) is 14.0. The van der Waals surface area contributed by atoms with Crippen LogP contribution in [0.2, 0.25) is 5.02 Å². The number of aromatic hydroxyl groups is 1. The number of rotatable bonds is 5. The van der Waals surface area contributed by atoms with Gasteiger partial charge in [-0.1, -0.05) is 29.8 Å². The van der Waals surface area contributed by atoms with Crippen molar-refractivity contribution >= 4 is 23.3 Å². The quantitative estimate of drug-likeness (QED) is 0.755. The van der Waals surface area contributed by atoms with Crippen LogP contribution in [-0.4, -0.2) is 17.2 Å². The highest BCUT2D eigenvalue weighted by atomic mass is 35.5. The predicted octanol–water partition coefficient (Wildman–Crippen LogP) is 4.50. The maximum absolute atomic E-state index is 12.0. The van der Waals surface area contributed by atoms with Gasteiger partial charge in [0.15, 0.2) is 0 Å². The van der Waals surface area contributed by atoms with Gasteiger partial charge >= 0.3 is 6.03 Å². The highest BCUT2D eigenvalue weighted by Gasteiger charge is 2.08. The van der Waals surface area contributed by atoms with E-state index >= 15 is 0 Å². The number of anilines is 1. The first-order valence-corrected chi connectivity index (χ1v) is 7.93. The molecular formula is C18H21ClN2O2. The minimum atomic E-state index is -0.247. The lowest BCUT2D eigenvalue weighted by Gasteiger charge is -2.15. The molecule has 0 aliphatic heterocycles. The number of phenolic OH excluding ortho intramolecular Hbond substituents is 1. The van der Waals surface area contributed by atoms with Gasteiger partial charge in [-0.15, -0.1) is 0 Å². The van der Waals surface area contributed by atoms with E-state index in [0.717, 1.165) is 24.0 Å². The molecule has 0 bridgehead atoms. The van der Waals surface area contributed by atoms with Gasteiger partial charge in [-0.2, -0.15) is 0 Å². The number of hydrogen-bond donors (Lipinski definition) is 3. The summed E-state index contributed by atoms with van der Waals surface area (Å²) >= 11 is 6.04. The van der Waals surface area contributed by atoms with Crippen molar-refractivity contribution in [3.05, 3.63) is 58.6 Å². The number of halogens is 1. The summed E-state index contributed by atoms with van der Waals surface area (Å²) in [6, 6.07) is 12.3. The van der Waals surface area contributed by atoms with Gasteiger partial charge in [-0.3, -0.25) is 0 Å². The van der Waals surface area contributed by atoms with Crippen LogP contribution in [0, 0.1) is 6.92 Å². The lowest BCUT2D eigenvalue weighted by molar-refractivity contribution is 0.248. The molecule has 23 heavy (non-hydrogen) atoms. The van der Waals surface area contributed by atoms with Gasteiger partial charge in [0.25, 0.3) is 0 Å². The van der Waals surface area contributed by atoms with Crippen molar-refractivity contribution in [2.24, 2.45) is 0 Å². The van der Waals surface area contributed by atoms with Gasteiger partial charge in [-0.05, 0) is 62.1 Å². The van der Waals surface area contributed by atoms with Crippen molar-refractivity contribution in [3.8, 4) is 5.75 Å². The van der Waals surface area contributed by atoms with Crippen LogP contribution in [0.3, 0.4) is 0 Å². The van der Waals surface area contributed by atoms with Crippen LogP contribution in [-0.2, 0) is 6.42 Å². The Morgan fingerprint density at radius 2 is 1.91 bits per heavy atom. The van der Waals surface area contributed by atoms with Gasteiger partial charge in [0.2, 0.25) is 0 Å². The van der Waals surface area contributed by atoms with Crippen molar-refractivity contribution in [1.29, 1.82) is 0 Å². The lowest BCUT2D eigenvalue weighted by Crippen LogP contribution is -2.36. The van der Waals surface area contributed by atoms with Gasteiger partial charge in [0.1, 0.15) is 5.75 Å². The second-order valence-electron chi connectivity index (χ2n) is 5.67. The van der Waals surface area contributed by atoms with E-state index in [4.69, 9.17) is 11.6 Å². The molecule has 0 saturated carbocycles. The average molecular weight is 333 g/mol. The first-order valence-electron chi connectivity index (χ1n) is 7.55. The minimum absolute atomic E-state index is 0.0322. The van der Waals surface area contributed by atoms with Crippen LogP contribution in [0.4, 0.5) is 10.5 Å². The number of phenols is 1. The van der Waals surface area contributed by atoms with Crippen molar-refractivity contribution in [2.75, 3.05) is 5.32 Å². The Balaban J connectivity index is 1.79. The number of aryl methyl sites for hydroxylation is 2. The van der Waals surface area contributed by atoms with Crippen molar-refractivity contribution in [3.63, 3.8) is 0 Å².